The molecule has 20 heavy (non-hydrogen) atoms. The van der Waals surface area contributed by atoms with Gasteiger partial charge in [0.25, 0.3) is 11.8 Å². The summed E-state index contributed by atoms with van der Waals surface area (Å²) in [6.45, 7) is 2.84. The molecule has 0 amide bonds. The first-order valence-electron chi connectivity index (χ1n) is 6.52. The molecule has 0 aliphatic heterocycles. The fourth-order valence-corrected chi connectivity index (χ4v) is 2.06. The lowest BCUT2D eigenvalue weighted by Gasteiger charge is -2.08. The van der Waals surface area contributed by atoms with Gasteiger partial charge in [-0.3, -0.25) is 0 Å². The predicted molar refractivity (Wildman–Crippen MR) is 80.6 cm³/mol. The summed E-state index contributed by atoms with van der Waals surface area (Å²) < 4.78 is 5.32. The Balaban J connectivity index is 2.09. The molecule has 2 aromatic carbocycles. The fraction of sp³-hybridized carbons (Fsp3) is 0.200. The zero-order valence-corrected chi connectivity index (χ0v) is 11.5. The Hall–Kier alpha value is -2.56. The summed E-state index contributed by atoms with van der Waals surface area (Å²) in [6, 6.07) is 12.0. The minimum atomic E-state index is 0.448. The Morgan fingerprint density at radius 3 is 2.60 bits per heavy atom. The fourth-order valence-electron chi connectivity index (χ4n) is 2.06. The number of nitrogens with zero attached hydrogens (tertiary/aromatic N) is 3. The quantitative estimate of drug-likeness (QED) is 0.740. The summed E-state index contributed by atoms with van der Waals surface area (Å²) in [5.41, 5.74) is 7.50. The highest BCUT2D eigenvalue weighted by Crippen LogP contribution is 2.30. The number of aromatic nitrogens is 2. The maximum absolute atomic E-state index is 6.10. The summed E-state index contributed by atoms with van der Waals surface area (Å²) in [7, 11) is 1.92. The maximum atomic E-state index is 6.10. The number of nitrogen functional groups attached to an aromatic ring is 1. The normalized spacial score (nSPS) is 10.9. The van der Waals surface area contributed by atoms with E-state index in [4.69, 9.17) is 10.3 Å². The molecule has 1 heterocycles. The van der Waals surface area contributed by atoms with Crippen molar-refractivity contribution in [1.82, 2.24) is 10.1 Å². The Bertz CT molecular complexity index is 750. The van der Waals surface area contributed by atoms with Gasteiger partial charge in [0.1, 0.15) is 0 Å². The molecule has 0 radical (unpaired) electrons. The van der Waals surface area contributed by atoms with Crippen LogP contribution in [0.4, 0.5) is 11.6 Å². The molecule has 0 bridgehead atoms. The van der Waals surface area contributed by atoms with Crippen LogP contribution in [0.5, 0.6) is 0 Å². The molecule has 3 rings (SSSR count). The summed E-state index contributed by atoms with van der Waals surface area (Å²) in [6.07, 6.45) is 0. The van der Waals surface area contributed by atoms with Crippen LogP contribution in [0.25, 0.3) is 22.2 Å². The SMILES string of the molecule is CCN(C)c1noc(-c2cc3ccccc3cc2N)n1. The van der Waals surface area contributed by atoms with Gasteiger partial charge in [-0.2, -0.15) is 4.98 Å². The van der Waals surface area contributed by atoms with Gasteiger partial charge in [-0.15, -0.1) is 0 Å². The number of benzene rings is 2. The molecule has 3 aromatic rings. The Kier molecular flexibility index (Phi) is 3.02. The van der Waals surface area contributed by atoms with E-state index in [0.717, 1.165) is 22.9 Å². The van der Waals surface area contributed by atoms with Crippen LogP contribution in [0, 0.1) is 0 Å². The third-order valence-corrected chi connectivity index (χ3v) is 3.38. The van der Waals surface area contributed by atoms with Gasteiger partial charge in [0.15, 0.2) is 0 Å². The molecule has 5 heteroatoms. The van der Waals surface area contributed by atoms with Gasteiger partial charge in [-0.05, 0) is 35.0 Å². The van der Waals surface area contributed by atoms with Crippen LogP contribution >= 0.6 is 0 Å². The van der Waals surface area contributed by atoms with Crippen molar-refractivity contribution in [2.45, 2.75) is 6.92 Å². The van der Waals surface area contributed by atoms with E-state index in [1.54, 1.807) is 0 Å². The number of rotatable bonds is 3. The van der Waals surface area contributed by atoms with Gasteiger partial charge in [0.2, 0.25) is 0 Å². The molecule has 0 saturated carbocycles. The third-order valence-electron chi connectivity index (χ3n) is 3.38. The maximum Gasteiger partial charge on any atom is 0.266 e. The molecule has 0 aliphatic carbocycles. The van der Waals surface area contributed by atoms with Crippen molar-refractivity contribution >= 4 is 22.4 Å². The molecular weight excluding hydrogens is 252 g/mol. The van der Waals surface area contributed by atoms with Crippen LogP contribution in [0.2, 0.25) is 0 Å². The minimum Gasteiger partial charge on any atom is -0.398 e. The first-order chi connectivity index (χ1) is 9.69. The molecule has 0 fully saturated rings. The second-order valence-corrected chi connectivity index (χ2v) is 4.70. The first kappa shape index (κ1) is 12.5. The van der Waals surface area contributed by atoms with E-state index in [-0.39, 0.29) is 0 Å². The van der Waals surface area contributed by atoms with Crippen LogP contribution in [0.15, 0.2) is 40.9 Å². The van der Waals surface area contributed by atoms with Crippen molar-refractivity contribution in [2.24, 2.45) is 0 Å². The molecule has 2 N–H and O–H groups in total. The second kappa shape index (κ2) is 4.85. The third kappa shape index (κ3) is 2.07. The van der Waals surface area contributed by atoms with E-state index in [1.165, 1.54) is 0 Å². The number of nitrogens with two attached hydrogens (primary N) is 1. The summed E-state index contributed by atoms with van der Waals surface area (Å²) in [5, 5.41) is 6.16. The van der Waals surface area contributed by atoms with Gasteiger partial charge in [-0.1, -0.05) is 24.3 Å². The molecule has 1 aromatic heterocycles. The van der Waals surface area contributed by atoms with Gasteiger partial charge in [0.05, 0.1) is 5.56 Å². The average molecular weight is 268 g/mol. The molecule has 0 saturated heterocycles. The number of hydrogen-bond donors (Lipinski definition) is 1. The van der Waals surface area contributed by atoms with Crippen LogP contribution in [0.1, 0.15) is 6.92 Å². The average Bonchev–Trinajstić information content (AvgIpc) is 2.95. The van der Waals surface area contributed by atoms with Crippen molar-refractivity contribution in [3.05, 3.63) is 36.4 Å². The predicted octanol–water partition coefficient (Wildman–Crippen LogP) is 2.93. The zero-order chi connectivity index (χ0) is 14.1. The first-order valence-corrected chi connectivity index (χ1v) is 6.52. The zero-order valence-electron chi connectivity index (χ0n) is 11.5. The monoisotopic (exact) mass is 268 g/mol. The van der Waals surface area contributed by atoms with Gasteiger partial charge >= 0.3 is 0 Å². The van der Waals surface area contributed by atoms with Gasteiger partial charge in [-0.25, -0.2) is 0 Å². The van der Waals surface area contributed by atoms with Crippen molar-refractivity contribution in [3.8, 4) is 11.5 Å². The highest BCUT2D eigenvalue weighted by molar-refractivity contribution is 5.92. The Labute approximate surface area is 117 Å². The van der Waals surface area contributed by atoms with Crippen LogP contribution in [0.3, 0.4) is 0 Å². The summed E-state index contributed by atoms with van der Waals surface area (Å²) in [5.74, 6) is 1.01. The lowest BCUT2D eigenvalue weighted by atomic mass is 10.1. The lowest BCUT2D eigenvalue weighted by Crippen LogP contribution is -2.16. The van der Waals surface area contributed by atoms with Gasteiger partial charge in [0, 0.05) is 19.3 Å². The van der Waals surface area contributed by atoms with Crippen LogP contribution in [-0.2, 0) is 0 Å². The van der Waals surface area contributed by atoms with E-state index >= 15 is 0 Å². The number of fused-ring (bicyclic) bond motifs is 1. The van der Waals surface area contributed by atoms with E-state index in [9.17, 15) is 0 Å². The number of anilines is 2. The van der Waals surface area contributed by atoms with Gasteiger partial charge < -0.3 is 15.2 Å². The second-order valence-electron chi connectivity index (χ2n) is 4.70. The largest absolute Gasteiger partial charge is 0.398 e. The topological polar surface area (TPSA) is 68.2 Å². The lowest BCUT2D eigenvalue weighted by molar-refractivity contribution is 0.430. The minimum absolute atomic E-state index is 0.448. The van der Waals surface area contributed by atoms with E-state index in [0.29, 0.717) is 17.5 Å². The van der Waals surface area contributed by atoms with E-state index < -0.39 is 0 Å². The van der Waals surface area contributed by atoms with Crippen LogP contribution in [-0.4, -0.2) is 23.7 Å². The van der Waals surface area contributed by atoms with Crippen molar-refractivity contribution in [1.29, 1.82) is 0 Å². The van der Waals surface area contributed by atoms with Crippen LogP contribution < -0.4 is 10.6 Å². The van der Waals surface area contributed by atoms with E-state index in [1.807, 2.05) is 55.3 Å². The molecule has 102 valence electrons. The Morgan fingerprint density at radius 2 is 1.90 bits per heavy atom. The Morgan fingerprint density at radius 1 is 1.20 bits per heavy atom. The molecular formula is C15H16N4O. The van der Waals surface area contributed by atoms with E-state index in [2.05, 4.69) is 10.1 Å². The smallest absolute Gasteiger partial charge is 0.266 e. The summed E-state index contributed by atoms with van der Waals surface area (Å²) >= 11 is 0. The van der Waals surface area contributed by atoms with Crippen molar-refractivity contribution in [2.75, 3.05) is 24.2 Å². The molecule has 0 aliphatic rings. The van der Waals surface area contributed by atoms with Crippen molar-refractivity contribution < 1.29 is 4.52 Å². The highest BCUT2D eigenvalue weighted by Gasteiger charge is 2.14. The molecule has 0 unspecified atom stereocenters. The summed E-state index contributed by atoms with van der Waals surface area (Å²) in [4.78, 5) is 6.29. The molecule has 0 spiro atoms. The molecule has 0 atom stereocenters. The van der Waals surface area contributed by atoms with Crippen molar-refractivity contribution in [3.63, 3.8) is 0 Å². The highest BCUT2D eigenvalue weighted by atomic mass is 16.5. The number of hydrogen-bond acceptors (Lipinski definition) is 5. The standard InChI is InChI=1S/C15H16N4O/c1-3-19(2)15-17-14(20-18-15)12-8-10-6-4-5-7-11(10)9-13(12)16/h4-9H,3,16H2,1-2H3. The molecule has 5 nitrogen and oxygen atoms in total.